The molecule has 0 saturated carbocycles. The summed E-state index contributed by atoms with van der Waals surface area (Å²) in [5.74, 6) is -0.988. The van der Waals surface area contributed by atoms with E-state index in [-0.39, 0.29) is 6.10 Å². The van der Waals surface area contributed by atoms with Crippen molar-refractivity contribution >= 4 is 0 Å². The fraction of sp³-hybridized carbons (Fsp3) is 0.538. The maximum Gasteiger partial charge on any atom is 0.130 e. The van der Waals surface area contributed by atoms with E-state index in [0.29, 0.717) is 17.7 Å². The zero-order valence-electron chi connectivity index (χ0n) is 9.93. The topological polar surface area (TPSA) is 21.3 Å². The van der Waals surface area contributed by atoms with Crippen molar-refractivity contribution in [2.75, 3.05) is 13.2 Å². The van der Waals surface area contributed by atoms with Crippen LogP contribution >= 0.6 is 0 Å². The van der Waals surface area contributed by atoms with Crippen molar-refractivity contribution in [3.05, 3.63) is 34.9 Å². The number of hydrogen-bond acceptors (Lipinski definition) is 2. The lowest BCUT2D eigenvalue weighted by atomic mass is 10.1. The molecule has 1 aromatic rings. The molecule has 0 radical (unpaired) electrons. The molecule has 94 valence electrons. The van der Waals surface area contributed by atoms with Crippen molar-refractivity contribution in [1.82, 2.24) is 5.32 Å². The van der Waals surface area contributed by atoms with Gasteiger partial charge in [0, 0.05) is 31.3 Å². The highest BCUT2D eigenvalue weighted by Gasteiger charge is 2.15. The van der Waals surface area contributed by atoms with Crippen LogP contribution in [0.15, 0.2) is 12.1 Å². The molecule has 1 atom stereocenters. The Kier molecular flexibility index (Phi) is 4.07. The van der Waals surface area contributed by atoms with Gasteiger partial charge in [-0.15, -0.1) is 0 Å². The molecule has 0 amide bonds. The quantitative estimate of drug-likeness (QED) is 0.874. The third-order valence-electron chi connectivity index (χ3n) is 3.04. The molecule has 1 N–H and O–H groups in total. The minimum Gasteiger partial charge on any atom is -0.377 e. The van der Waals surface area contributed by atoms with Crippen molar-refractivity contribution in [3.63, 3.8) is 0 Å². The summed E-state index contributed by atoms with van der Waals surface area (Å²) in [5.41, 5.74) is 0.974. The van der Waals surface area contributed by atoms with Crippen LogP contribution < -0.4 is 5.32 Å². The summed E-state index contributed by atoms with van der Waals surface area (Å²) in [6, 6.07) is 2.49. The maximum atomic E-state index is 13.4. The van der Waals surface area contributed by atoms with E-state index < -0.39 is 11.6 Å². The molecule has 1 aliphatic rings. The zero-order valence-corrected chi connectivity index (χ0v) is 9.93. The average Bonchev–Trinajstić information content (AvgIpc) is 2.78. The molecule has 0 spiro atoms. The molecule has 1 aliphatic heterocycles. The highest BCUT2D eigenvalue weighted by molar-refractivity contribution is 5.25. The highest BCUT2D eigenvalue weighted by atomic mass is 19.1. The lowest BCUT2D eigenvalue weighted by Gasteiger charge is -2.11. The SMILES string of the molecule is Cc1cc(CNCC2CCCO2)c(F)cc1F. The Labute approximate surface area is 100.0 Å². The number of ether oxygens (including phenoxy) is 1. The highest BCUT2D eigenvalue weighted by Crippen LogP contribution is 2.15. The van der Waals surface area contributed by atoms with Gasteiger partial charge in [0.25, 0.3) is 0 Å². The number of rotatable bonds is 4. The molecule has 1 fully saturated rings. The Hall–Kier alpha value is -1.00. The van der Waals surface area contributed by atoms with Crippen molar-refractivity contribution < 1.29 is 13.5 Å². The second-order valence-electron chi connectivity index (χ2n) is 4.46. The molecule has 1 unspecified atom stereocenters. The predicted octanol–water partition coefficient (Wildman–Crippen LogP) is 2.54. The summed E-state index contributed by atoms with van der Waals surface area (Å²) in [6.45, 7) is 3.58. The van der Waals surface area contributed by atoms with E-state index in [2.05, 4.69) is 5.32 Å². The lowest BCUT2D eigenvalue weighted by Crippen LogP contribution is -2.26. The van der Waals surface area contributed by atoms with Crippen molar-refractivity contribution in [2.45, 2.75) is 32.4 Å². The molecule has 0 aromatic heterocycles. The second-order valence-corrected chi connectivity index (χ2v) is 4.46. The number of nitrogens with one attached hydrogen (secondary N) is 1. The minimum absolute atomic E-state index is 0.236. The Balaban J connectivity index is 1.87. The third-order valence-corrected chi connectivity index (χ3v) is 3.04. The Morgan fingerprint density at radius 3 is 2.88 bits per heavy atom. The standard InChI is InChI=1S/C13H17F2NO/c1-9-5-10(13(15)6-12(9)14)7-16-8-11-3-2-4-17-11/h5-6,11,16H,2-4,7-8H2,1H3. The van der Waals surface area contributed by atoms with E-state index in [1.54, 1.807) is 13.0 Å². The van der Waals surface area contributed by atoms with Gasteiger partial charge in [0.05, 0.1) is 6.10 Å². The first kappa shape index (κ1) is 12.5. The summed E-state index contributed by atoms with van der Waals surface area (Å²) in [4.78, 5) is 0. The smallest absolute Gasteiger partial charge is 0.130 e. The van der Waals surface area contributed by atoms with Gasteiger partial charge in [0.15, 0.2) is 0 Å². The van der Waals surface area contributed by atoms with Crippen molar-refractivity contribution in [1.29, 1.82) is 0 Å². The van der Waals surface area contributed by atoms with Gasteiger partial charge in [0.2, 0.25) is 0 Å². The van der Waals surface area contributed by atoms with E-state index >= 15 is 0 Å². The van der Waals surface area contributed by atoms with E-state index in [1.165, 1.54) is 0 Å². The van der Waals surface area contributed by atoms with Crippen LogP contribution in [0, 0.1) is 18.6 Å². The Morgan fingerprint density at radius 1 is 1.35 bits per heavy atom. The molecule has 0 aliphatic carbocycles. The second kappa shape index (κ2) is 5.56. The minimum atomic E-state index is -0.495. The van der Waals surface area contributed by atoms with Gasteiger partial charge < -0.3 is 10.1 Å². The summed E-state index contributed by atoms with van der Waals surface area (Å²) in [5, 5.41) is 3.14. The summed E-state index contributed by atoms with van der Waals surface area (Å²) in [7, 11) is 0. The number of benzene rings is 1. The van der Waals surface area contributed by atoms with Gasteiger partial charge in [-0.25, -0.2) is 8.78 Å². The van der Waals surface area contributed by atoms with E-state index in [1.807, 2.05) is 0 Å². The molecule has 1 heterocycles. The van der Waals surface area contributed by atoms with Crippen LogP contribution in [-0.4, -0.2) is 19.3 Å². The molecular formula is C13H17F2NO. The van der Waals surface area contributed by atoms with Crippen molar-refractivity contribution in [3.8, 4) is 0 Å². The van der Waals surface area contributed by atoms with Crippen LogP contribution in [0.1, 0.15) is 24.0 Å². The molecule has 0 bridgehead atoms. The van der Waals surface area contributed by atoms with Gasteiger partial charge >= 0.3 is 0 Å². The molecule has 17 heavy (non-hydrogen) atoms. The van der Waals surface area contributed by atoms with E-state index in [9.17, 15) is 8.78 Å². The molecule has 2 rings (SSSR count). The summed E-state index contributed by atoms with van der Waals surface area (Å²) in [6.07, 6.45) is 2.38. The largest absolute Gasteiger partial charge is 0.377 e. The average molecular weight is 241 g/mol. The lowest BCUT2D eigenvalue weighted by molar-refractivity contribution is 0.110. The van der Waals surface area contributed by atoms with Crippen LogP contribution in [0.5, 0.6) is 0 Å². The first-order chi connectivity index (χ1) is 8.16. The van der Waals surface area contributed by atoms with Gasteiger partial charge in [-0.05, 0) is 31.4 Å². The normalized spacial score (nSPS) is 19.8. The Bertz CT molecular complexity index is 389. The molecular weight excluding hydrogens is 224 g/mol. The monoisotopic (exact) mass is 241 g/mol. The van der Waals surface area contributed by atoms with Crippen molar-refractivity contribution in [2.24, 2.45) is 0 Å². The number of aryl methyl sites for hydroxylation is 1. The number of halogens is 2. The van der Waals surface area contributed by atoms with Gasteiger partial charge in [-0.1, -0.05) is 0 Å². The van der Waals surface area contributed by atoms with Crippen LogP contribution in [0.4, 0.5) is 8.78 Å². The Morgan fingerprint density at radius 2 is 2.18 bits per heavy atom. The van der Waals surface area contributed by atoms with Crippen LogP contribution in [-0.2, 0) is 11.3 Å². The molecule has 1 aromatic carbocycles. The molecule has 1 saturated heterocycles. The number of hydrogen-bond donors (Lipinski definition) is 1. The summed E-state index contributed by atoms with van der Waals surface area (Å²) >= 11 is 0. The van der Waals surface area contributed by atoms with Crippen LogP contribution in [0.3, 0.4) is 0 Å². The fourth-order valence-electron chi connectivity index (χ4n) is 2.03. The maximum absolute atomic E-state index is 13.4. The third kappa shape index (κ3) is 3.23. The fourth-order valence-corrected chi connectivity index (χ4v) is 2.03. The molecule has 4 heteroatoms. The zero-order chi connectivity index (χ0) is 12.3. The molecule has 2 nitrogen and oxygen atoms in total. The predicted molar refractivity (Wildman–Crippen MR) is 61.8 cm³/mol. The van der Waals surface area contributed by atoms with E-state index in [4.69, 9.17) is 4.74 Å². The first-order valence-corrected chi connectivity index (χ1v) is 5.93. The van der Waals surface area contributed by atoms with E-state index in [0.717, 1.165) is 32.1 Å². The van der Waals surface area contributed by atoms with Crippen LogP contribution in [0.25, 0.3) is 0 Å². The van der Waals surface area contributed by atoms with Gasteiger partial charge in [-0.2, -0.15) is 0 Å². The first-order valence-electron chi connectivity index (χ1n) is 5.93. The van der Waals surface area contributed by atoms with Crippen LogP contribution in [0.2, 0.25) is 0 Å². The van der Waals surface area contributed by atoms with Gasteiger partial charge in [0.1, 0.15) is 11.6 Å². The summed E-state index contributed by atoms with van der Waals surface area (Å²) < 4.78 is 31.9. The van der Waals surface area contributed by atoms with Gasteiger partial charge in [-0.3, -0.25) is 0 Å².